The van der Waals surface area contributed by atoms with Gasteiger partial charge in [-0.2, -0.15) is 4.68 Å². The first-order valence-electron chi connectivity index (χ1n) is 4.16. The highest BCUT2D eigenvalue weighted by atomic mass is 35.5. The van der Waals surface area contributed by atoms with Crippen LogP contribution >= 0.6 is 12.4 Å². The van der Waals surface area contributed by atoms with Gasteiger partial charge in [-0.1, -0.05) is 13.3 Å². The fourth-order valence-corrected chi connectivity index (χ4v) is 0.947. The van der Waals surface area contributed by atoms with Gasteiger partial charge in [-0.25, -0.2) is 0 Å². The number of nitrogen functional groups attached to an aromatic ring is 2. The second-order valence-electron chi connectivity index (χ2n) is 2.78. The molecule has 6 nitrogen and oxygen atoms in total. The van der Waals surface area contributed by atoms with Crippen molar-refractivity contribution in [2.24, 2.45) is 0 Å². The molecule has 0 aliphatic rings. The smallest absolute Gasteiger partial charge is 0.295 e. The molecule has 1 aromatic rings. The molecule has 4 N–H and O–H groups in total. The van der Waals surface area contributed by atoms with Crippen molar-refractivity contribution in [1.29, 1.82) is 0 Å². The number of aryl methyl sites for hydroxylation is 1. The molecule has 0 atom stereocenters. The second-order valence-corrected chi connectivity index (χ2v) is 2.78. The molecule has 0 radical (unpaired) electrons. The molecule has 0 spiro atoms. The van der Waals surface area contributed by atoms with E-state index in [9.17, 15) is 4.79 Å². The Bertz CT molecular complexity index is 350. The normalized spacial score (nSPS) is 9.50. The number of unbranched alkanes of at least 4 members (excludes halogenated alkanes) is 1. The van der Waals surface area contributed by atoms with Crippen molar-refractivity contribution in [3.63, 3.8) is 0 Å². The average molecular weight is 220 g/mol. The van der Waals surface area contributed by atoms with Gasteiger partial charge >= 0.3 is 0 Å². The van der Waals surface area contributed by atoms with Crippen LogP contribution in [0.4, 0.5) is 5.95 Å². The quantitative estimate of drug-likeness (QED) is 0.680. The number of nitrogens with two attached hydrogens (primary N) is 2. The number of halogens is 1. The third kappa shape index (κ3) is 2.59. The standard InChI is InChI=1S/C7H13N5O.ClH/c1-2-3-4-5-6(13)12(9)7(8)11-10-5;/h2-4,9H2,1H3,(H2,8,11);1H. The van der Waals surface area contributed by atoms with Crippen LogP contribution in [0.2, 0.25) is 0 Å². The molecule has 0 saturated heterocycles. The van der Waals surface area contributed by atoms with Crippen LogP contribution in [0.25, 0.3) is 0 Å². The van der Waals surface area contributed by atoms with Crippen molar-refractivity contribution in [3.8, 4) is 0 Å². The minimum Gasteiger partial charge on any atom is -0.366 e. The molecule has 1 rings (SSSR count). The van der Waals surface area contributed by atoms with Crippen molar-refractivity contribution in [1.82, 2.24) is 14.9 Å². The van der Waals surface area contributed by atoms with E-state index in [1.165, 1.54) is 0 Å². The highest BCUT2D eigenvalue weighted by molar-refractivity contribution is 5.85. The fraction of sp³-hybridized carbons (Fsp3) is 0.571. The van der Waals surface area contributed by atoms with E-state index in [0.29, 0.717) is 12.1 Å². The van der Waals surface area contributed by atoms with E-state index in [2.05, 4.69) is 10.2 Å². The summed E-state index contributed by atoms with van der Waals surface area (Å²) in [5.74, 6) is 5.27. The van der Waals surface area contributed by atoms with Gasteiger partial charge in [-0.3, -0.25) is 4.79 Å². The molecule has 0 fully saturated rings. The lowest BCUT2D eigenvalue weighted by molar-refractivity contribution is 0.717. The van der Waals surface area contributed by atoms with Crippen molar-refractivity contribution in [3.05, 3.63) is 16.0 Å². The lowest BCUT2D eigenvalue weighted by Gasteiger charge is -2.02. The maximum Gasteiger partial charge on any atom is 0.295 e. The maximum absolute atomic E-state index is 11.4. The van der Waals surface area contributed by atoms with Crippen LogP contribution in [0.3, 0.4) is 0 Å². The summed E-state index contributed by atoms with van der Waals surface area (Å²) in [6.07, 6.45) is 2.49. The summed E-state index contributed by atoms with van der Waals surface area (Å²) in [4.78, 5) is 11.4. The minimum atomic E-state index is -0.360. The van der Waals surface area contributed by atoms with Gasteiger partial charge in [0.1, 0.15) is 5.69 Å². The Labute approximate surface area is 87.7 Å². The predicted octanol–water partition coefficient (Wildman–Crippen LogP) is -0.301. The van der Waals surface area contributed by atoms with E-state index in [4.69, 9.17) is 11.6 Å². The molecule has 0 aliphatic carbocycles. The highest BCUT2D eigenvalue weighted by Gasteiger charge is 2.06. The largest absolute Gasteiger partial charge is 0.366 e. The Morgan fingerprint density at radius 1 is 1.43 bits per heavy atom. The molecule has 0 aromatic carbocycles. The Hall–Kier alpha value is -1.30. The first-order chi connectivity index (χ1) is 6.16. The Balaban J connectivity index is 0.00000169. The fourth-order valence-electron chi connectivity index (χ4n) is 0.947. The molecule has 0 saturated carbocycles. The van der Waals surface area contributed by atoms with Gasteiger partial charge in [-0.15, -0.1) is 22.6 Å². The van der Waals surface area contributed by atoms with E-state index in [1.54, 1.807) is 0 Å². The van der Waals surface area contributed by atoms with Gasteiger partial charge in [0.25, 0.3) is 5.56 Å². The van der Waals surface area contributed by atoms with Crippen LogP contribution in [-0.4, -0.2) is 14.9 Å². The van der Waals surface area contributed by atoms with E-state index in [1.807, 2.05) is 6.92 Å². The molecular weight excluding hydrogens is 206 g/mol. The molecule has 80 valence electrons. The van der Waals surface area contributed by atoms with Crippen LogP contribution in [0, 0.1) is 0 Å². The molecule has 1 aromatic heterocycles. The van der Waals surface area contributed by atoms with Gasteiger partial charge in [0.05, 0.1) is 0 Å². The molecule has 0 unspecified atom stereocenters. The number of anilines is 1. The molecular formula is C7H14ClN5O. The third-order valence-corrected chi connectivity index (χ3v) is 1.75. The highest BCUT2D eigenvalue weighted by Crippen LogP contribution is 1.95. The van der Waals surface area contributed by atoms with Crippen LogP contribution < -0.4 is 17.1 Å². The zero-order valence-electron chi connectivity index (χ0n) is 7.93. The number of hydrogen-bond acceptors (Lipinski definition) is 5. The van der Waals surface area contributed by atoms with Crippen LogP contribution in [-0.2, 0) is 6.42 Å². The van der Waals surface area contributed by atoms with E-state index < -0.39 is 0 Å². The van der Waals surface area contributed by atoms with Crippen LogP contribution in [0.5, 0.6) is 0 Å². The molecule has 14 heavy (non-hydrogen) atoms. The molecule has 0 amide bonds. The van der Waals surface area contributed by atoms with Gasteiger partial charge in [0, 0.05) is 0 Å². The summed E-state index contributed by atoms with van der Waals surface area (Å²) in [5.41, 5.74) is 5.30. The van der Waals surface area contributed by atoms with Crippen LogP contribution in [0.15, 0.2) is 4.79 Å². The third-order valence-electron chi connectivity index (χ3n) is 1.75. The van der Waals surface area contributed by atoms with Gasteiger partial charge in [0.15, 0.2) is 0 Å². The molecule has 0 bridgehead atoms. The topological polar surface area (TPSA) is 99.8 Å². The van der Waals surface area contributed by atoms with Gasteiger partial charge in [0.2, 0.25) is 5.95 Å². The average Bonchev–Trinajstić information content (AvgIpc) is 2.13. The molecule has 1 heterocycles. The van der Waals surface area contributed by atoms with Crippen molar-refractivity contribution < 1.29 is 0 Å². The van der Waals surface area contributed by atoms with Crippen LogP contribution in [0.1, 0.15) is 25.5 Å². The van der Waals surface area contributed by atoms with Crippen molar-refractivity contribution in [2.45, 2.75) is 26.2 Å². The summed E-state index contributed by atoms with van der Waals surface area (Å²) >= 11 is 0. The predicted molar refractivity (Wildman–Crippen MR) is 56.7 cm³/mol. The van der Waals surface area contributed by atoms with E-state index in [0.717, 1.165) is 17.5 Å². The summed E-state index contributed by atoms with van der Waals surface area (Å²) in [6, 6.07) is 0. The summed E-state index contributed by atoms with van der Waals surface area (Å²) in [6.45, 7) is 2.03. The lowest BCUT2D eigenvalue weighted by Crippen LogP contribution is -2.34. The first kappa shape index (κ1) is 12.7. The Morgan fingerprint density at radius 2 is 2.07 bits per heavy atom. The number of hydrogen-bond donors (Lipinski definition) is 2. The lowest BCUT2D eigenvalue weighted by atomic mass is 10.2. The van der Waals surface area contributed by atoms with Crippen molar-refractivity contribution in [2.75, 3.05) is 11.6 Å². The summed E-state index contributed by atoms with van der Waals surface area (Å²) in [5, 5.41) is 7.25. The second kappa shape index (κ2) is 5.43. The Morgan fingerprint density at radius 3 is 2.64 bits per heavy atom. The molecule has 0 aliphatic heterocycles. The number of rotatable bonds is 3. The minimum absolute atomic E-state index is 0. The zero-order chi connectivity index (χ0) is 9.84. The first-order valence-corrected chi connectivity index (χ1v) is 4.16. The maximum atomic E-state index is 11.4. The van der Waals surface area contributed by atoms with Crippen molar-refractivity contribution >= 4 is 18.4 Å². The van der Waals surface area contributed by atoms with E-state index >= 15 is 0 Å². The summed E-state index contributed by atoms with van der Waals surface area (Å²) < 4.78 is 0.817. The summed E-state index contributed by atoms with van der Waals surface area (Å²) in [7, 11) is 0. The van der Waals surface area contributed by atoms with Gasteiger partial charge < -0.3 is 11.6 Å². The van der Waals surface area contributed by atoms with E-state index in [-0.39, 0.29) is 23.9 Å². The monoisotopic (exact) mass is 219 g/mol. The number of nitrogens with zero attached hydrogens (tertiary/aromatic N) is 3. The molecule has 7 heteroatoms. The SMILES string of the molecule is CCCCc1nnc(N)n(N)c1=O.Cl. The number of aromatic nitrogens is 3. The van der Waals surface area contributed by atoms with Gasteiger partial charge in [-0.05, 0) is 12.8 Å². The Kier molecular flexibility index (Phi) is 4.93. The zero-order valence-corrected chi connectivity index (χ0v) is 8.75.